The van der Waals surface area contributed by atoms with E-state index in [1.54, 1.807) is 19.1 Å². The van der Waals surface area contributed by atoms with E-state index in [0.29, 0.717) is 35.0 Å². The molecule has 2 aliphatic rings. The van der Waals surface area contributed by atoms with Gasteiger partial charge in [0.1, 0.15) is 0 Å². The molecule has 0 spiro atoms. The summed E-state index contributed by atoms with van der Waals surface area (Å²) in [5, 5.41) is 4.47. The Hall–Kier alpha value is -2.90. The van der Waals surface area contributed by atoms with Crippen molar-refractivity contribution >= 4 is 17.0 Å². The van der Waals surface area contributed by atoms with Gasteiger partial charge in [0, 0.05) is 18.7 Å². The third-order valence-corrected chi connectivity index (χ3v) is 6.91. The fraction of sp³-hybridized carbons (Fsp3) is 0.458. The van der Waals surface area contributed by atoms with Crippen LogP contribution < -0.4 is 0 Å². The van der Waals surface area contributed by atoms with Gasteiger partial charge >= 0.3 is 6.18 Å². The molecule has 1 aliphatic carbocycles. The maximum absolute atomic E-state index is 13.5. The summed E-state index contributed by atoms with van der Waals surface area (Å²) in [7, 11) is 0. The van der Waals surface area contributed by atoms with Gasteiger partial charge in [0.25, 0.3) is 11.6 Å². The van der Waals surface area contributed by atoms with Gasteiger partial charge in [-0.05, 0) is 43.4 Å². The van der Waals surface area contributed by atoms with Crippen molar-refractivity contribution in [1.82, 2.24) is 15.0 Å². The molecule has 1 unspecified atom stereocenters. The first-order valence-electron chi connectivity index (χ1n) is 11.0. The Morgan fingerprint density at radius 3 is 2.66 bits per heavy atom. The number of benzene rings is 1. The lowest BCUT2D eigenvalue weighted by Crippen LogP contribution is -2.30. The Labute approximate surface area is 183 Å². The Morgan fingerprint density at radius 1 is 1.12 bits per heavy atom. The third-order valence-electron chi connectivity index (χ3n) is 6.91. The number of likely N-dealkylation sites (tertiary alicyclic amines) is 1. The van der Waals surface area contributed by atoms with Gasteiger partial charge in [-0.15, -0.1) is 0 Å². The fourth-order valence-corrected chi connectivity index (χ4v) is 5.22. The van der Waals surface area contributed by atoms with Crippen LogP contribution in [0.3, 0.4) is 0 Å². The first-order valence-corrected chi connectivity index (χ1v) is 11.0. The molecule has 32 heavy (non-hydrogen) atoms. The highest BCUT2D eigenvalue weighted by atomic mass is 19.4. The number of alkyl halides is 3. The Balaban J connectivity index is 1.52. The second-order valence-electron chi connectivity index (χ2n) is 8.93. The summed E-state index contributed by atoms with van der Waals surface area (Å²) in [6.45, 7) is 3.14. The van der Waals surface area contributed by atoms with Crippen LogP contribution in [0.25, 0.3) is 22.4 Å². The first kappa shape index (κ1) is 21.0. The Morgan fingerprint density at radius 2 is 1.91 bits per heavy atom. The number of pyridine rings is 1. The van der Waals surface area contributed by atoms with E-state index < -0.39 is 11.7 Å². The molecule has 1 atom stereocenters. The molecule has 8 heteroatoms. The van der Waals surface area contributed by atoms with Crippen molar-refractivity contribution in [2.75, 3.05) is 13.1 Å². The minimum atomic E-state index is -4.47. The SMILES string of the molecule is Cc1noc2nc(-c3cccc(C(F)(F)F)c3)cc(C(=O)N3CCC(C4CCCC4)C3)c12. The second-order valence-corrected chi connectivity index (χ2v) is 8.93. The minimum absolute atomic E-state index is 0.141. The molecule has 2 fully saturated rings. The van der Waals surface area contributed by atoms with Crippen LogP contribution in [0.1, 0.15) is 53.7 Å². The number of carbonyl (C=O) groups excluding carboxylic acids is 1. The van der Waals surface area contributed by atoms with E-state index in [-0.39, 0.29) is 22.9 Å². The lowest BCUT2D eigenvalue weighted by atomic mass is 9.90. The van der Waals surface area contributed by atoms with Crippen molar-refractivity contribution in [3.05, 3.63) is 47.2 Å². The number of hydrogen-bond acceptors (Lipinski definition) is 4. The molecule has 3 aromatic rings. The summed E-state index contributed by atoms with van der Waals surface area (Å²) >= 11 is 0. The molecule has 0 bridgehead atoms. The topological polar surface area (TPSA) is 59.2 Å². The summed E-state index contributed by atoms with van der Waals surface area (Å²) in [5.41, 5.74) is 0.848. The molecule has 3 heterocycles. The zero-order valence-electron chi connectivity index (χ0n) is 17.8. The summed E-state index contributed by atoms with van der Waals surface area (Å²) in [6.07, 6.45) is 1.52. The van der Waals surface area contributed by atoms with Crippen LogP contribution >= 0.6 is 0 Å². The highest BCUT2D eigenvalue weighted by Gasteiger charge is 2.35. The second kappa shape index (κ2) is 7.90. The van der Waals surface area contributed by atoms with Crippen molar-refractivity contribution < 1.29 is 22.5 Å². The molecule has 5 nitrogen and oxygen atoms in total. The lowest BCUT2D eigenvalue weighted by Gasteiger charge is -2.20. The predicted molar refractivity (Wildman–Crippen MR) is 113 cm³/mol. The molecular formula is C24H24F3N3O2. The number of amides is 1. The van der Waals surface area contributed by atoms with Crippen molar-refractivity contribution in [2.24, 2.45) is 11.8 Å². The quantitative estimate of drug-likeness (QED) is 0.508. The van der Waals surface area contributed by atoms with E-state index >= 15 is 0 Å². The predicted octanol–water partition coefficient (Wildman–Crippen LogP) is 5.87. The number of hydrogen-bond donors (Lipinski definition) is 0. The van der Waals surface area contributed by atoms with Gasteiger partial charge in [-0.2, -0.15) is 13.2 Å². The highest BCUT2D eigenvalue weighted by molar-refractivity contribution is 6.07. The van der Waals surface area contributed by atoms with E-state index in [1.807, 2.05) is 4.90 Å². The number of fused-ring (bicyclic) bond motifs is 1. The number of halogens is 3. The molecule has 1 aromatic carbocycles. The van der Waals surface area contributed by atoms with Gasteiger partial charge in [0.2, 0.25) is 0 Å². The highest BCUT2D eigenvalue weighted by Crippen LogP contribution is 2.38. The molecule has 1 saturated carbocycles. The minimum Gasteiger partial charge on any atom is -0.338 e. The van der Waals surface area contributed by atoms with E-state index in [1.165, 1.54) is 31.7 Å². The van der Waals surface area contributed by atoms with Crippen LogP contribution in [0.2, 0.25) is 0 Å². The summed E-state index contributed by atoms with van der Waals surface area (Å²) in [6, 6.07) is 6.52. The average molecular weight is 443 g/mol. The molecule has 0 N–H and O–H groups in total. The standard InChI is InChI=1S/C24H24F3N3O2/c1-14-21-19(23(31)30-10-9-17(13-30)15-5-2-3-6-15)12-20(28-22(21)32-29-14)16-7-4-8-18(11-16)24(25,26)27/h4,7-8,11-12,15,17H,2-3,5-6,9-10,13H2,1H3. The summed E-state index contributed by atoms with van der Waals surface area (Å²) in [5.74, 6) is 1.06. The molecule has 0 radical (unpaired) electrons. The number of rotatable bonds is 3. The Kier molecular flexibility index (Phi) is 5.18. The number of nitrogens with zero attached hydrogens (tertiary/aromatic N) is 3. The van der Waals surface area contributed by atoms with E-state index in [2.05, 4.69) is 10.1 Å². The Bertz CT molecular complexity index is 1160. The lowest BCUT2D eigenvalue weighted by molar-refractivity contribution is -0.137. The smallest absolute Gasteiger partial charge is 0.338 e. The van der Waals surface area contributed by atoms with E-state index in [0.717, 1.165) is 25.1 Å². The van der Waals surface area contributed by atoms with Crippen LogP contribution in [0.5, 0.6) is 0 Å². The van der Waals surface area contributed by atoms with Gasteiger partial charge < -0.3 is 9.42 Å². The number of carbonyl (C=O) groups is 1. The van der Waals surface area contributed by atoms with E-state index in [4.69, 9.17) is 4.52 Å². The molecule has 168 valence electrons. The fourth-order valence-electron chi connectivity index (χ4n) is 5.22. The largest absolute Gasteiger partial charge is 0.416 e. The van der Waals surface area contributed by atoms with Crippen LogP contribution in [-0.2, 0) is 6.18 Å². The van der Waals surface area contributed by atoms with Crippen LogP contribution in [0.4, 0.5) is 13.2 Å². The van der Waals surface area contributed by atoms with Gasteiger partial charge in [0.05, 0.1) is 27.9 Å². The van der Waals surface area contributed by atoms with Gasteiger partial charge in [-0.1, -0.05) is 43.0 Å². The van der Waals surface area contributed by atoms with Crippen LogP contribution in [0.15, 0.2) is 34.9 Å². The summed E-state index contributed by atoms with van der Waals surface area (Å²) in [4.78, 5) is 19.8. The molecule has 2 aromatic heterocycles. The number of aromatic nitrogens is 2. The molecule has 1 amide bonds. The summed E-state index contributed by atoms with van der Waals surface area (Å²) < 4.78 is 44.9. The van der Waals surface area contributed by atoms with Gasteiger partial charge in [0.15, 0.2) is 0 Å². The molecule has 1 aliphatic heterocycles. The van der Waals surface area contributed by atoms with Gasteiger partial charge in [-0.25, -0.2) is 4.98 Å². The molecule has 1 saturated heterocycles. The van der Waals surface area contributed by atoms with Crippen molar-refractivity contribution in [1.29, 1.82) is 0 Å². The van der Waals surface area contributed by atoms with Crippen molar-refractivity contribution in [3.63, 3.8) is 0 Å². The van der Waals surface area contributed by atoms with Gasteiger partial charge in [-0.3, -0.25) is 4.79 Å². The van der Waals surface area contributed by atoms with Crippen LogP contribution in [-0.4, -0.2) is 34.0 Å². The molecular weight excluding hydrogens is 419 g/mol. The first-order chi connectivity index (χ1) is 15.3. The zero-order valence-corrected chi connectivity index (χ0v) is 17.8. The average Bonchev–Trinajstić information content (AvgIpc) is 3.53. The van der Waals surface area contributed by atoms with Crippen LogP contribution in [0, 0.1) is 18.8 Å². The van der Waals surface area contributed by atoms with Crippen molar-refractivity contribution in [2.45, 2.75) is 45.2 Å². The monoisotopic (exact) mass is 443 g/mol. The van der Waals surface area contributed by atoms with Crippen molar-refractivity contribution in [3.8, 4) is 11.3 Å². The normalized spacial score (nSPS) is 19.9. The number of aryl methyl sites for hydroxylation is 1. The zero-order chi connectivity index (χ0) is 22.5. The third kappa shape index (κ3) is 3.76. The van der Waals surface area contributed by atoms with E-state index in [9.17, 15) is 18.0 Å². The molecule has 5 rings (SSSR count). The maximum atomic E-state index is 13.5. The maximum Gasteiger partial charge on any atom is 0.416 e.